The zero-order chi connectivity index (χ0) is 7.40. The SMILES string of the molecule is C[C@@H]1CCCC/C1=C\C=O. The van der Waals surface area contributed by atoms with E-state index in [1.165, 1.54) is 24.8 Å². The van der Waals surface area contributed by atoms with Crippen LogP contribution >= 0.6 is 0 Å². The molecule has 1 rings (SSSR count). The van der Waals surface area contributed by atoms with Crippen LogP contribution in [0.15, 0.2) is 11.6 Å². The predicted octanol–water partition coefficient (Wildman–Crippen LogP) is 2.32. The van der Waals surface area contributed by atoms with E-state index in [1.54, 1.807) is 6.08 Å². The number of aldehydes is 1. The molecule has 0 aromatic carbocycles. The summed E-state index contributed by atoms with van der Waals surface area (Å²) in [4.78, 5) is 10.1. The molecular formula is C9H14O. The molecule has 0 radical (unpaired) electrons. The lowest BCUT2D eigenvalue weighted by molar-refractivity contribution is -0.104. The lowest BCUT2D eigenvalue weighted by Gasteiger charge is -2.20. The van der Waals surface area contributed by atoms with Crippen LogP contribution in [0.3, 0.4) is 0 Å². The smallest absolute Gasteiger partial charge is 0.142 e. The summed E-state index contributed by atoms with van der Waals surface area (Å²) in [7, 11) is 0. The lowest BCUT2D eigenvalue weighted by atomic mass is 9.85. The molecule has 0 unspecified atom stereocenters. The van der Waals surface area contributed by atoms with Crippen LogP contribution in [0.25, 0.3) is 0 Å². The third-order valence-corrected chi connectivity index (χ3v) is 2.27. The average Bonchev–Trinajstić information content (AvgIpc) is 1.94. The predicted molar refractivity (Wildman–Crippen MR) is 41.8 cm³/mol. The van der Waals surface area contributed by atoms with E-state index >= 15 is 0 Å². The molecule has 0 amide bonds. The molecular weight excluding hydrogens is 124 g/mol. The second-order valence-electron chi connectivity index (χ2n) is 3.02. The first kappa shape index (κ1) is 7.52. The number of hydrogen-bond acceptors (Lipinski definition) is 1. The van der Waals surface area contributed by atoms with Gasteiger partial charge in [0.05, 0.1) is 0 Å². The number of allylic oxidation sites excluding steroid dienone is 2. The highest BCUT2D eigenvalue weighted by Crippen LogP contribution is 2.27. The monoisotopic (exact) mass is 138 g/mol. The molecule has 1 heteroatoms. The third-order valence-electron chi connectivity index (χ3n) is 2.27. The minimum atomic E-state index is 0.652. The highest BCUT2D eigenvalue weighted by atomic mass is 16.1. The molecule has 0 aliphatic heterocycles. The van der Waals surface area contributed by atoms with Crippen molar-refractivity contribution in [3.63, 3.8) is 0 Å². The van der Waals surface area contributed by atoms with Gasteiger partial charge in [0.1, 0.15) is 6.29 Å². The molecule has 56 valence electrons. The van der Waals surface area contributed by atoms with Crippen LogP contribution in [-0.2, 0) is 4.79 Å². The fourth-order valence-corrected chi connectivity index (χ4v) is 1.55. The van der Waals surface area contributed by atoms with E-state index in [4.69, 9.17) is 0 Å². The van der Waals surface area contributed by atoms with Gasteiger partial charge in [0, 0.05) is 0 Å². The van der Waals surface area contributed by atoms with Crippen molar-refractivity contribution in [3.05, 3.63) is 11.6 Å². The van der Waals surface area contributed by atoms with Crippen molar-refractivity contribution in [2.24, 2.45) is 5.92 Å². The topological polar surface area (TPSA) is 17.1 Å². The van der Waals surface area contributed by atoms with E-state index in [-0.39, 0.29) is 0 Å². The van der Waals surface area contributed by atoms with Gasteiger partial charge in [0.25, 0.3) is 0 Å². The maximum Gasteiger partial charge on any atom is 0.142 e. The van der Waals surface area contributed by atoms with Crippen molar-refractivity contribution in [2.45, 2.75) is 32.6 Å². The van der Waals surface area contributed by atoms with E-state index in [0.717, 1.165) is 12.7 Å². The van der Waals surface area contributed by atoms with Crippen LogP contribution in [0.1, 0.15) is 32.6 Å². The van der Waals surface area contributed by atoms with Crippen LogP contribution in [0.5, 0.6) is 0 Å². The molecule has 0 aromatic rings. The van der Waals surface area contributed by atoms with Crippen molar-refractivity contribution >= 4 is 6.29 Å². The summed E-state index contributed by atoms with van der Waals surface area (Å²) >= 11 is 0. The van der Waals surface area contributed by atoms with E-state index in [2.05, 4.69) is 6.92 Å². The average molecular weight is 138 g/mol. The van der Waals surface area contributed by atoms with Crippen molar-refractivity contribution in [3.8, 4) is 0 Å². The van der Waals surface area contributed by atoms with Crippen LogP contribution in [0.4, 0.5) is 0 Å². The minimum Gasteiger partial charge on any atom is -0.299 e. The van der Waals surface area contributed by atoms with Crippen LogP contribution in [0.2, 0.25) is 0 Å². The van der Waals surface area contributed by atoms with Crippen molar-refractivity contribution < 1.29 is 4.79 Å². The number of hydrogen-bond donors (Lipinski definition) is 0. The van der Waals surface area contributed by atoms with Gasteiger partial charge in [-0.15, -0.1) is 0 Å². The largest absolute Gasteiger partial charge is 0.299 e. The summed E-state index contributed by atoms with van der Waals surface area (Å²) < 4.78 is 0. The quantitative estimate of drug-likeness (QED) is 0.401. The number of carbonyl (C=O) groups excluding carboxylic acids is 1. The second-order valence-corrected chi connectivity index (χ2v) is 3.02. The van der Waals surface area contributed by atoms with Gasteiger partial charge in [0.2, 0.25) is 0 Å². The Morgan fingerprint density at radius 2 is 2.30 bits per heavy atom. The first-order valence-electron chi connectivity index (χ1n) is 3.99. The molecule has 0 aromatic heterocycles. The Morgan fingerprint density at radius 1 is 1.50 bits per heavy atom. The first-order chi connectivity index (χ1) is 4.84. The Labute approximate surface area is 62.1 Å². The summed E-state index contributed by atoms with van der Waals surface area (Å²) in [5.74, 6) is 0.652. The summed E-state index contributed by atoms with van der Waals surface area (Å²) in [6.45, 7) is 2.20. The molecule has 0 N–H and O–H groups in total. The Kier molecular flexibility index (Phi) is 2.67. The highest BCUT2D eigenvalue weighted by molar-refractivity contribution is 5.66. The second kappa shape index (κ2) is 3.55. The van der Waals surface area contributed by atoms with E-state index in [9.17, 15) is 4.79 Å². The lowest BCUT2D eigenvalue weighted by Crippen LogP contribution is -2.05. The molecule has 1 nitrogen and oxygen atoms in total. The molecule has 0 heterocycles. The van der Waals surface area contributed by atoms with E-state index in [1.807, 2.05) is 0 Å². The first-order valence-corrected chi connectivity index (χ1v) is 3.99. The van der Waals surface area contributed by atoms with Crippen molar-refractivity contribution in [2.75, 3.05) is 0 Å². The summed E-state index contributed by atoms with van der Waals surface area (Å²) in [6.07, 6.45) is 7.65. The Morgan fingerprint density at radius 3 is 2.90 bits per heavy atom. The zero-order valence-corrected chi connectivity index (χ0v) is 6.47. The maximum atomic E-state index is 10.1. The summed E-state index contributed by atoms with van der Waals surface area (Å²) in [5.41, 5.74) is 1.35. The molecule has 1 saturated carbocycles. The fourth-order valence-electron chi connectivity index (χ4n) is 1.55. The molecule has 0 bridgehead atoms. The Hall–Kier alpha value is -0.590. The van der Waals surface area contributed by atoms with Gasteiger partial charge in [-0.3, -0.25) is 4.79 Å². The molecule has 0 saturated heterocycles. The third kappa shape index (κ3) is 1.69. The van der Waals surface area contributed by atoms with Gasteiger partial charge in [-0.25, -0.2) is 0 Å². The normalized spacial score (nSPS) is 30.5. The molecule has 10 heavy (non-hydrogen) atoms. The summed E-state index contributed by atoms with van der Waals surface area (Å²) in [6, 6.07) is 0. The Bertz CT molecular complexity index is 147. The number of carbonyl (C=O) groups is 1. The van der Waals surface area contributed by atoms with E-state index < -0.39 is 0 Å². The van der Waals surface area contributed by atoms with Gasteiger partial charge in [-0.1, -0.05) is 18.9 Å². The fraction of sp³-hybridized carbons (Fsp3) is 0.667. The maximum absolute atomic E-state index is 10.1. The van der Waals surface area contributed by atoms with Crippen LogP contribution in [0, 0.1) is 5.92 Å². The molecule has 0 spiro atoms. The van der Waals surface area contributed by atoms with Crippen molar-refractivity contribution in [1.29, 1.82) is 0 Å². The molecule has 1 aliphatic rings. The highest BCUT2D eigenvalue weighted by Gasteiger charge is 2.12. The Balaban J connectivity index is 2.55. The molecule has 1 aliphatic carbocycles. The van der Waals surface area contributed by atoms with Gasteiger partial charge in [-0.2, -0.15) is 0 Å². The zero-order valence-electron chi connectivity index (χ0n) is 6.47. The molecule has 1 fully saturated rings. The standard InChI is InChI=1S/C9H14O/c1-8-4-2-3-5-9(8)6-7-10/h6-8H,2-5H2,1H3/b9-6+/t8-/m1/s1. The minimum absolute atomic E-state index is 0.652. The van der Waals surface area contributed by atoms with Gasteiger partial charge in [0.15, 0.2) is 0 Å². The van der Waals surface area contributed by atoms with Crippen LogP contribution < -0.4 is 0 Å². The van der Waals surface area contributed by atoms with Gasteiger partial charge in [-0.05, 0) is 31.3 Å². The molecule has 1 atom stereocenters. The number of rotatable bonds is 1. The van der Waals surface area contributed by atoms with Gasteiger partial charge < -0.3 is 0 Å². The van der Waals surface area contributed by atoms with Crippen molar-refractivity contribution in [1.82, 2.24) is 0 Å². The van der Waals surface area contributed by atoms with Crippen LogP contribution in [-0.4, -0.2) is 6.29 Å². The van der Waals surface area contributed by atoms with E-state index in [0.29, 0.717) is 5.92 Å². The van der Waals surface area contributed by atoms with Gasteiger partial charge >= 0.3 is 0 Å². The summed E-state index contributed by atoms with van der Waals surface area (Å²) in [5, 5.41) is 0.